The summed E-state index contributed by atoms with van der Waals surface area (Å²) in [6.07, 6.45) is 9.79. The summed E-state index contributed by atoms with van der Waals surface area (Å²) in [5.41, 5.74) is 3.31. The van der Waals surface area contributed by atoms with Gasteiger partial charge in [0.05, 0.1) is 23.4 Å². The van der Waals surface area contributed by atoms with Crippen LogP contribution < -0.4 is 0 Å². The van der Waals surface area contributed by atoms with E-state index in [0.29, 0.717) is 30.7 Å². The molecule has 1 amide bonds. The summed E-state index contributed by atoms with van der Waals surface area (Å²) in [7, 11) is 1.70. The predicted octanol–water partition coefficient (Wildman–Crippen LogP) is 4.65. The van der Waals surface area contributed by atoms with Crippen LogP contribution in [0.3, 0.4) is 0 Å². The Morgan fingerprint density at radius 3 is 2.76 bits per heavy atom. The zero-order valence-electron chi connectivity index (χ0n) is 20.0. The minimum absolute atomic E-state index is 0.0684. The van der Waals surface area contributed by atoms with E-state index in [1.54, 1.807) is 19.5 Å². The first kappa shape index (κ1) is 22.9. The summed E-state index contributed by atoms with van der Waals surface area (Å²) >= 11 is 0. The lowest BCUT2D eigenvalue weighted by Gasteiger charge is -2.45. The number of rotatable bonds is 7. The van der Waals surface area contributed by atoms with Crippen molar-refractivity contribution in [2.24, 2.45) is 5.92 Å². The second-order valence-corrected chi connectivity index (χ2v) is 9.55. The molecular formula is C28H34N4O2. The number of nitrogens with zero attached hydrogens (tertiary/aromatic N) is 4. The number of amides is 1. The van der Waals surface area contributed by atoms with Crippen LogP contribution in [-0.2, 0) is 4.74 Å². The molecule has 4 heterocycles. The molecule has 34 heavy (non-hydrogen) atoms. The van der Waals surface area contributed by atoms with Gasteiger partial charge in [-0.25, -0.2) is 4.98 Å². The van der Waals surface area contributed by atoms with Crippen LogP contribution in [0.5, 0.6) is 0 Å². The molecule has 2 aliphatic heterocycles. The van der Waals surface area contributed by atoms with Crippen LogP contribution in [0.15, 0.2) is 54.9 Å². The van der Waals surface area contributed by atoms with Crippen molar-refractivity contribution in [3.63, 3.8) is 0 Å². The van der Waals surface area contributed by atoms with Gasteiger partial charge in [-0.05, 0) is 69.0 Å². The standard InChI is InChI=1S/C28H34N4O2/c1-34-18-17-32(20-22-7-6-16-31-15-5-4-10-27(22)31)28(33)24-19-26(21-11-13-29-14-12-21)30-25-9-3-2-8-23(24)25/h2-3,8-9,11-14,19,22,27H,4-7,10,15-18,20H2,1H3/t22-,27+/m0/s1. The van der Waals surface area contributed by atoms with Gasteiger partial charge in [-0.3, -0.25) is 9.78 Å². The Labute approximate surface area is 202 Å². The topological polar surface area (TPSA) is 58.6 Å². The highest BCUT2D eigenvalue weighted by molar-refractivity contribution is 6.07. The number of carbonyl (C=O) groups excluding carboxylic acids is 1. The van der Waals surface area contributed by atoms with E-state index in [-0.39, 0.29) is 5.91 Å². The Bertz CT molecular complexity index is 1120. The summed E-state index contributed by atoms with van der Waals surface area (Å²) in [5, 5.41) is 0.899. The molecule has 178 valence electrons. The van der Waals surface area contributed by atoms with E-state index in [1.807, 2.05) is 47.4 Å². The zero-order chi connectivity index (χ0) is 23.3. The number of methoxy groups -OCH3 is 1. The smallest absolute Gasteiger partial charge is 0.254 e. The summed E-state index contributed by atoms with van der Waals surface area (Å²) in [4.78, 5) is 27.8. The van der Waals surface area contributed by atoms with Crippen LogP contribution in [0.2, 0.25) is 0 Å². The number of benzene rings is 1. The lowest BCUT2D eigenvalue weighted by atomic mass is 9.83. The molecule has 2 aliphatic rings. The third-order valence-electron chi connectivity index (χ3n) is 7.46. The number of piperidine rings is 2. The van der Waals surface area contributed by atoms with Gasteiger partial charge in [0.1, 0.15) is 0 Å². The highest BCUT2D eigenvalue weighted by Crippen LogP contribution is 2.32. The third-order valence-corrected chi connectivity index (χ3v) is 7.46. The fourth-order valence-corrected chi connectivity index (χ4v) is 5.74. The molecule has 2 atom stereocenters. The summed E-state index contributed by atoms with van der Waals surface area (Å²) in [6, 6.07) is 14.4. The molecular weight excluding hydrogens is 424 g/mol. The van der Waals surface area contributed by atoms with E-state index in [1.165, 1.54) is 45.2 Å². The lowest BCUT2D eigenvalue weighted by Crippen LogP contribution is -2.52. The van der Waals surface area contributed by atoms with Gasteiger partial charge in [-0.15, -0.1) is 0 Å². The van der Waals surface area contributed by atoms with E-state index >= 15 is 0 Å². The number of para-hydroxylation sites is 1. The normalized spacial score (nSPS) is 20.7. The number of hydrogen-bond donors (Lipinski definition) is 0. The molecule has 3 aromatic rings. The van der Waals surface area contributed by atoms with Gasteiger partial charge in [0.2, 0.25) is 0 Å². The summed E-state index contributed by atoms with van der Waals surface area (Å²) < 4.78 is 5.41. The number of hydrogen-bond acceptors (Lipinski definition) is 5. The summed E-state index contributed by atoms with van der Waals surface area (Å²) in [5.74, 6) is 0.585. The number of fused-ring (bicyclic) bond motifs is 2. The van der Waals surface area contributed by atoms with Crippen LogP contribution in [-0.4, -0.2) is 71.6 Å². The highest BCUT2D eigenvalue weighted by atomic mass is 16.5. The lowest BCUT2D eigenvalue weighted by molar-refractivity contribution is 0.0316. The SMILES string of the molecule is COCCN(C[C@@H]1CCCN2CCCC[C@H]12)C(=O)c1cc(-c2ccncc2)nc2ccccc12. The molecule has 0 spiro atoms. The Balaban J connectivity index is 1.49. The number of ether oxygens (including phenoxy) is 1. The van der Waals surface area contributed by atoms with Crippen LogP contribution >= 0.6 is 0 Å². The fourth-order valence-electron chi connectivity index (χ4n) is 5.74. The van der Waals surface area contributed by atoms with Crippen LogP contribution in [0.4, 0.5) is 0 Å². The van der Waals surface area contributed by atoms with Crippen LogP contribution in [0.25, 0.3) is 22.2 Å². The van der Waals surface area contributed by atoms with E-state index < -0.39 is 0 Å². The highest BCUT2D eigenvalue weighted by Gasteiger charge is 2.35. The van der Waals surface area contributed by atoms with Gasteiger partial charge in [0.25, 0.3) is 5.91 Å². The maximum Gasteiger partial charge on any atom is 0.254 e. The number of aromatic nitrogens is 2. The molecule has 6 nitrogen and oxygen atoms in total. The van der Waals surface area contributed by atoms with Crippen molar-refractivity contribution in [2.45, 2.75) is 38.1 Å². The minimum Gasteiger partial charge on any atom is -0.383 e. The monoisotopic (exact) mass is 458 g/mol. The molecule has 2 aromatic heterocycles. The third kappa shape index (κ3) is 4.84. The maximum atomic E-state index is 14.1. The Morgan fingerprint density at radius 2 is 1.91 bits per heavy atom. The first-order valence-corrected chi connectivity index (χ1v) is 12.6. The molecule has 0 radical (unpaired) electrons. The molecule has 2 fully saturated rings. The maximum absolute atomic E-state index is 14.1. The van der Waals surface area contributed by atoms with Crippen molar-refractivity contribution in [3.8, 4) is 11.3 Å². The van der Waals surface area contributed by atoms with Crippen molar-refractivity contribution < 1.29 is 9.53 Å². The second-order valence-electron chi connectivity index (χ2n) is 9.55. The second kappa shape index (κ2) is 10.6. The Kier molecular flexibility index (Phi) is 7.16. The first-order valence-electron chi connectivity index (χ1n) is 12.6. The Hall–Kier alpha value is -2.83. The van der Waals surface area contributed by atoms with Gasteiger partial charge < -0.3 is 14.5 Å². The number of carbonyl (C=O) groups is 1. The average molecular weight is 459 g/mol. The fraction of sp³-hybridized carbons (Fsp3) is 0.464. The number of pyridine rings is 2. The predicted molar refractivity (Wildman–Crippen MR) is 135 cm³/mol. The first-order chi connectivity index (χ1) is 16.7. The van der Waals surface area contributed by atoms with Gasteiger partial charge in [-0.2, -0.15) is 0 Å². The molecule has 2 saturated heterocycles. The van der Waals surface area contributed by atoms with Crippen molar-refractivity contribution in [3.05, 3.63) is 60.4 Å². The van der Waals surface area contributed by atoms with Crippen molar-refractivity contribution in [1.82, 2.24) is 19.8 Å². The van der Waals surface area contributed by atoms with E-state index in [2.05, 4.69) is 9.88 Å². The Morgan fingerprint density at radius 1 is 1.09 bits per heavy atom. The minimum atomic E-state index is 0.0684. The molecule has 0 unspecified atom stereocenters. The van der Waals surface area contributed by atoms with E-state index in [0.717, 1.165) is 28.7 Å². The molecule has 0 bridgehead atoms. The average Bonchev–Trinajstić information content (AvgIpc) is 2.90. The van der Waals surface area contributed by atoms with Crippen molar-refractivity contribution in [1.29, 1.82) is 0 Å². The van der Waals surface area contributed by atoms with Crippen molar-refractivity contribution in [2.75, 3.05) is 39.9 Å². The molecule has 0 saturated carbocycles. The largest absolute Gasteiger partial charge is 0.383 e. The molecule has 0 N–H and O–H groups in total. The zero-order valence-corrected chi connectivity index (χ0v) is 20.0. The molecule has 0 aliphatic carbocycles. The van der Waals surface area contributed by atoms with Crippen LogP contribution in [0.1, 0.15) is 42.5 Å². The van der Waals surface area contributed by atoms with E-state index in [4.69, 9.17) is 9.72 Å². The van der Waals surface area contributed by atoms with Gasteiger partial charge >= 0.3 is 0 Å². The quantitative estimate of drug-likeness (QED) is 0.516. The molecule has 6 heteroatoms. The van der Waals surface area contributed by atoms with Gasteiger partial charge in [0, 0.05) is 49.6 Å². The molecule has 5 rings (SSSR count). The van der Waals surface area contributed by atoms with Crippen LogP contribution in [0, 0.1) is 5.92 Å². The van der Waals surface area contributed by atoms with Crippen molar-refractivity contribution >= 4 is 16.8 Å². The van der Waals surface area contributed by atoms with Gasteiger partial charge in [0.15, 0.2) is 0 Å². The molecule has 1 aromatic carbocycles. The van der Waals surface area contributed by atoms with E-state index in [9.17, 15) is 4.79 Å². The summed E-state index contributed by atoms with van der Waals surface area (Å²) in [6.45, 7) is 4.33. The van der Waals surface area contributed by atoms with Gasteiger partial charge in [-0.1, -0.05) is 24.6 Å².